The monoisotopic (exact) mass is 413 g/mol. The zero-order valence-electron chi connectivity index (χ0n) is 17.6. The summed E-state index contributed by atoms with van der Waals surface area (Å²) in [5.41, 5.74) is 4.44. The molecule has 0 saturated carbocycles. The van der Waals surface area contributed by atoms with E-state index in [0.717, 1.165) is 35.5 Å². The van der Waals surface area contributed by atoms with E-state index in [0.29, 0.717) is 36.5 Å². The number of allylic oxidation sites excluding steroid dienone is 1. The van der Waals surface area contributed by atoms with Crippen molar-refractivity contribution >= 4 is 17.7 Å². The zero-order chi connectivity index (χ0) is 21.6. The molecular formula is C23H23N7O. The van der Waals surface area contributed by atoms with Crippen molar-refractivity contribution < 1.29 is 4.74 Å². The molecule has 0 spiro atoms. The van der Waals surface area contributed by atoms with Crippen LogP contribution in [0.2, 0.25) is 0 Å². The number of aromatic nitrogens is 5. The van der Waals surface area contributed by atoms with Crippen molar-refractivity contribution in [2.24, 2.45) is 4.99 Å². The molecule has 0 amide bonds. The average molecular weight is 413 g/mol. The Bertz CT molecular complexity index is 1180. The summed E-state index contributed by atoms with van der Waals surface area (Å²) in [5, 5.41) is 9.30. The van der Waals surface area contributed by atoms with Crippen LogP contribution in [0.5, 0.6) is 0 Å². The summed E-state index contributed by atoms with van der Waals surface area (Å²) in [5.74, 6) is 1.63. The SMILES string of the molecule is C/C=C\c1ccc(-c2ncc(CC#N)n2-c2ccnc(N=C3CCOCC3)n2)nc1C. The van der Waals surface area contributed by atoms with Gasteiger partial charge in [-0.25, -0.2) is 19.9 Å². The van der Waals surface area contributed by atoms with E-state index in [1.807, 2.05) is 42.7 Å². The lowest BCUT2D eigenvalue weighted by atomic mass is 10.1. The van der Waals surface area contributed by atoms with E-state index in [9.17, 15) is 5.26 Å². The normalized spacial score (nSPS) is 14.0. The maximum atomic E-state index is 9.30. The molecule has 0 N–H and O–H groups in total. The number of nitriles is 1. The van der Waals surface area contributed by atoms with Crippen molar-refractivity contribution in [3.63, 3.8) is 0 Å². The number of rotatable bonds is 5. The third-order valence-corrected chi connectivity index (χ3v) is 4.98. The molecule has 4 heterocycles. The van der Waals surface area contributed by atoms with Gasteiger partial charge >= 0.3 is 0 Å². The van der Waals surface area contributed by atoms with Gasteiger partial charge in [0.05, 0.1) is 37.6 Å². The number of hydrogen-bond donors (Lipinski definition) is 0. The highest BCUT2D eigenvalue weighted by molar-refractivity contribution is 5.86. The van der Waals surface area contributed by atoms with Crippen molar-refractivity contribution in [2.45, 2.75) is 33.1 Å². The molecule has 1 aliphatic heterocycles. The number of aryl methyl sites for hydroxylation is 1. The number of aliphatic imine (C=N–C) groups is 1. The second-order valence-corrected chi connectivity index (χ2v) is 7.12. The molecule has 3 aromatic rings. The highest BCUT2D eigenvalue weighted by Crippen LogP contribution is 2.24. The molecule has 3 aromatic heterocycles. The van der Waals surface area contributed by atoms with Crippen LogP contribution in [-0.2, 0) is 11.2 Å². The maximum absolute atomic E-state index is 9.30. The summed E-state index contributed by atoms with van der Waals surface area (Å²) in [6.07, 6.45) is 9.14. The lowest BCUT2D eigenvalue weighted by Crippen LogP contribution is -2.15. The molecule has 0 bridgehead atoms. The van der Waals surface area contributed by atoms with Crippen molar-refractivity contribution in [2.75, 3.05) is 13.2 Å². The maximum Gasteiger partial charge on any atom is 0.251 e. The van der Waals surface area contributed by atoms with Gasteiger partial charge in [-0.15, -0.1) is 0 Å². The van der Waals surface area contributed by atoms with Crippen molar-refractivity contribution in [1.82, 2.24) is 24.5 Å². The van der Waals surface area contributed by atoms with Gasteiger partial charge in [0.25, 0.3) is 5.95 Å². The molecule has 1 saturated heterocycles. The second-order valence-electron chi connectivity index (χ2n) is 7.12. The highest BCUT2D eigenvalue weighted by atomic mass is 16.5. The van der Waals surface area contributed by atoms with Crippen LogP contribution in [-0.4, -0.2) is 43.4 Å². The molecule has 4 rings (SSSR count). The van der Waals surface area contributed by atoms with Gasteiger partial charge in [0, 0.05) is 30.4 Å². The summed E-state index contributed by atoms with van der Waals surface area (Å²) in [4.78, 5) is 22.9. The standard InChI is InChI=1S/C23H23N7O/c1-3-4-17-5-6-20(27-16(17)2)22-26-15-19(7-11-24)30(22)21-8-12-25-23(29-21)28-18-9-13-31-14-10-18/h3-6,8,12,15H,7,9-10,13-14H2,1-2H3/b4-3-. The Balaban J connectivity index is 1.78. The minimum absolute atomic E-state index is 0.202. The largest absolute Gasteiger partial charge is 0.381 e. The molecule has 8 heteroatoms. The Hall–Kier alpha value is -3.70. The topological polar surface area (TPSA) is 102 Å². The quantitative estimate of drug-likeness (QED) is 0.626. The summed E-state index contributed by atoms with van der Waals surface area (Å²) in [6, 6.07) is 7.94. The summed E-state index contributed by atoms with van der Waals surface area (Å²) in [7, 11) is 0. The van der Waals surface area contributed by atoms with Crippen molar-refractivity contribution in [3.8, 4) is 23.4 Å². The molecule has 0 aliphatic carbocycles. The third kappa shape index (κ3) is 4.57. The first kappa shape index (κ1) is 20.6. The van der Waals surface area contributed by atoms with Crippen LogP contribution in [0.1, 0.15) is 36.7 Å². The Labute approximate surface area is 181 Å². The van der Waals surface area contributed by atoms with Gasteiger partial charge in [0.15, 0.2) is 5.82 Å². The van der Waals surface area contributed by atoms with Crippen molar-refractivity contribution in [3.05, 3.63) is 53.6 Å². The van der Waals surface area contributed by atoms with E-state index in [2.05, 4.69) is 26.0 Å². The molecule has 1 fully saturated rings. The summed E-state index contributed by atoms with van der Waals surface area (Å²) < 4.78 is 7.24. The van der Waals surface area contributed by atoms with Crippen LogP contribution >= 0.6 is 0 Å². The van der Waals surface area contributed by atoms with Gasteiger partial charge in [0.1, 0.15) is 11.5 Å². The van der Waals surface area contributed by atoms with E-state index in [4.69, 9.17) is 9.72 Å². The second kappa shape index (κ2) is 9.41. The fraction of sp³-hybridized carbons (Fsp3) is 0.304. The average Bonchev–Trinajstić information content (AvgIpc) is 3.20. The van der Waals surface area contributed by atoms with E-state index in [1.54, 1.807) is 18.5 Å². The van der Waals surface area contributed by atoms with E-state index in [-0.39, 0.29) is 6.42 Å². The first-order chi connectivity index (χ1) is 15.2. The number of ether oxygens (including phenoxy) is 1. The summed E-state index contributed by atoms with van der Waals surface area (Å²) >= 11 is 0. The van der Waals surface area contributed by atoms with E-state index in [1.165, 1.54) is 0 Å². The van der Waals surface area contributed by atoms with Crippen LogP contribution in [0.3, 0.4) is 0 Å². The smallest absolute Gasteiger partial charge is 0.251 e. The highest BCUT2D eigenvalue weighted by Gasteiger charge is 2.17. The van der Waals surface area contributed by atoms with Crippen LogP contribution in [0.4, 0.5) is 5.95 Å². The van der Waals surface area contributed by atoms with Gasteiger partial charge in [-0.1, -0.05) is 18.2 Å². The predicted molar refractivity (Wildman–Crippen MR) is 118 cm³/mol. The van der Waals surface area contributed by atoms with Gasteiger partial charge in [-0.05, 0) is 31.5 Å². The van der Waals surface area contributed by atoms with Gasteiger partial charge in [0.2, 0.25) is 0 Å². The fourth-order valence-electron chi connectivity index (χ4n) is 3.46. The van der Waals surface area contributed by atoms with Crippen LogP contribution in [0, 0.1) is 18.3 Å². The summed E-state index contributed by atoms with van der Waals surface area (Å²) in [6.45, 7) is 5.29. The van der Waals surface area contributed by atoms with Crippen molar-refractivity contribution in [1.29, 1.82) is 5.26 Å². The molecule has 8 nitrogen and oxygen atoms in total. The lowest BCUT2D eigenvalue weighted by Gasteiger charge is -2.13. The molecule has 0 aromatic carbocycles. The van der Waals surface area contributed by atoms with Crippen LogP contribution in [0.15, 0.2) is 41.7 Å². The number of hydrogen-bond acceptors (Lipinski definition) is 7. The number of nitrogens with zero attached hydrogens (tertiary/aromatic N) is 7. The molecule has 1 aliphatic rings. The third-order valence-electron chi connectivity index (χ3n) is 4.98. The number of pyridine rings is 1. The van der Waals surface area contributed by atoms with Gasteiger partial charge < -0.3 is 4.74 Å². The van der Waals surface area contributed by atoms with Gasteiger partial charge in [-0.2, -0.15) is 10.2 Å². The van der Waals surface area contributed by atoms with E-state index >= 15 is 0 Å². The fourth-order valence-corrected chi connectivity index (χ4v) is 3.46. The first-order valence-electron chi connectivity index (χ1n) is 10.2. The first-order valence-corrected chi connectivity index (χ1v) is 10.2. The van der Waals surface area contributed by atoms with Crippen LogP contribution < -0.4 is 0 Å². The van der Waals surface area contributed by atoms with Crippen LogP contribution in [0.25, 0.3) is 23.4 Å². The van der Waals surface area contributed by atoms with Gasteiger partial charge in [-0.3, -0.25) is 4.57 Å². The molecular weight excluding hydrogens is 390 g/mol. The molecule has 0 unspecified atom stereocenters. The lowest BCUT2D eigenvalue weighted by molar-refractivity contribution is 0.135. The molecule has 0 radical (unpaired) electrons. The Morgan fingerprint density at radius 2 is 2.03 bits per heavy atom. The Morgan fingerprint density at radius 3 is 2.77 bits per heavy atom. The molecule has 31 heavy (non-hydrogen) atoms. The number of imidazole rings is 1. The minimum atomic E-state index is 0.202. The molecule has 0 atom stereocenters. The van der Waals surface area contributed by atoms with E-state index < -0.39 is 0 Å². The predicted octanol–water partition coefficient (Wildman–Crippen LogP) is 4.01. The zero-order valence-corrected chi connectivity index (χ0v) is 17.6. The Morgan fingerprint density at radius 1 is 1.19 bits per heavy atom. The Kier molecular flexibility index (Phi) is 6.24. The molecule has 156 valence electrons. The minimum Gasteiger partial charge on any atom is -0.381 e.